The Hall–Kier alpha value is -1.16. The summed E-state index contributed by atoms with van der Waals surface area (Å²) in [5, 5.41) is 0. The van der Waals surface area contributed by atoms with Gasteiger partial charge >= 0.3 is 0 Å². The Morgan fingerprint density at radius 3 is 3.10 bits per heavy atom. The number of rotatable bonds is 6. The number of nitrogens with zero attached hydrogens (tertiary/aromatic N) is 1. The molecule has 0 radical (unpaired) electrons. The van der Waals surface area contributed by atoms with E-state index in [0.717, 1.165) is 38.1 Å². The van der Waals surface area contributed by atoms with E-state index >= 15 is 0 Å². The summed E-state index contributed by atoms with van der Waals surface area (Å²) in [5.41, 5.74) is 1.32. The Bertz CT molecular complexity index is 464. The number of thioether (sulfide) groups is 1. The summed E-state index contributed by atoms with van der Waals surface area (Å²) in [6, 6.07) is 8.29. The van der Waals surface area contributed by atoms with E-state index in [9.17, 15) is 4.79 Å². The molecule has 0 aliphatic carbocycles. The molecule has 1 heterocycles. The van der Waals surface area contributed by atoms with Crippen LogP contribution in [0.5, 0.6) is 5.75 Å². The lowest BCUT2D eigenvalue weighted by molar-refractivity contribution is -0.130. The normalized spacial score (nSPS) is 18.6. The van der Waals surface area contributed by atoms with Crippen LogP contribution in [0.2, 0.25) is 0 Å². The average Bonchev–Trinajstić information content (AvgIpc) is 2.53. The molecule has 2 rings (SSSR count). The lowest BCUT2D eigenvalue weighted by Gasteiger charge is -2.32. The summed E-state index contributed by atoms with van der Waals surface area (Å²) in [7, 11) is 1.70. The van der Waals surface area contributed by atoms with E-state index in [4.69, 9.17) is 4.74 Å². The number of piperidine rings is 1. The minimum absolute atomic E-state index is 0.300. The highest BCUT2D eigenvalue weighted by atomic mass is 32.2. The zero-order chi connectivity index (χ0) is 15.1. The summed E-state index contributed by atoms with van der Waals surface area (Å²) in [4.78, 5) is 14.0. The molecule has 1 saturated heterocycles. The molecule has 1 aliphatic heterocycles. The number of likely N-dealkylation sites (tertiary alicyclic amines) is 1. The molecule has 0 bridgehead atoms. The number of carbonyl (C=O) groups is 1. The third-order valence-corrected chi connectivity index (χ3v) is 4.65. The highest BCUT2D eigenvalue weighted by molar-refractivity contribution is 7.99. The largest absolute Gasteiger partial charge is 0.497 e. The molecule has 1 aliphatic rings. The van der Waals surface area contributed by atoms with Gasteiger partial charge in [-0.15, -0.1) is 0 Å². The van der Waals surface area contributed by atoms with Crippen molar-refractivity contribution in [2.75, 3.05) is 32.2 Å². The fourth-order valence-electron chi connectivity index (χ4n) is 2.94. The van der Waals surface area contributed by atoms with E-state index in [1.54, 1.807) is 18.9 Å². The van der Waals surface area contributed by atoms with Crippen molar-refractivity contribution in [1.82, 2.24) is 4.90 Å². The summed E-state index contributed by atoms with van der Waals surface area (Å²) in [6.07, 6.45) is 6.58. The maximum atomic E-state index is 12.0. The van der Waals surface area contributed by atoms with Gasteiger partial charge in [-0.1, -0.05) is 12.1 Å². The zero-order valence-corrected chi connectivity index (χ0v) is 13.8. The molecule has 1 atom stereocenters. The van der Waals surface area contributed by atoms with Gasteiger partial charge in [-0.25, -0.2) is 0 Å². The fourth-order valence-corrected chi connectivity index (χ4v) is 3.37. The van der Waals surface area contributed by atoms with Gasteiger partial charge in [-0.3, -0.25) is 4.79 Å². The van der Waals surface area contributed by atoms with Gasteiger partial charge in [-0.05, 0) is 55.6 Å². The molecule has 0 unspecified atom stereocenters. The third kappa shape index (κ3) is 4.95. The van der Waals surface area contributed by atoms with Crippen molar-refractivity contribution in [3.8, 4) is 5.75 Å². The van der Waals surface area contributed by atoms with Gasteiger partial charge < -0.3 is 9.64 Å². The van der Waals surface area contributed by atoms with Gasteiger partial charge in [0.05, 0.1) is 12.9 Å². The van der Waals surface area contributed by atoms with Crippen molar-refractivity contribution in [2.24, 2.45) is 5.92 Å². The quantitative estimate of drug-likeness (QED) is 0.808. The van der Waals surface area contributed by atoms with Gasteiger partial charge in [-0.2, -0.15) is 11.8 Å². The van der Waals surface area contributed by atoms with E-state index in [1.165, 1.54) is 12.0 Å². The molecule has 1 fully saturated rings. The lowest BCUT2D eigenvalue weighted by Crippen LogP contribution is -2.40. The van der Waals surface area contributed by atoms with Crippen LogP contribution in [0, 0.1) is 5.92 Å². The first kappa shape index (κ1) is 16.2. The Kier molecular flexibility index (Phi) is 6.43. The maximum absolute atomic E-state index is 12.0. The predicted octanol–water partition coefficient (Wildman–Crippen LogP) is 3.23. The molecule has 3 nitrogen and oxygen atoms in total. The van der Waals surface area contributed by atoms with E-state index in [0.29, 0.717) is 17.6 Å². The van der Waals surface area contributed by atoms with Crippen molar-refractivity contribution in [3.63, 3.8) is 0 Å². The SMILES string of the molecule is COc1cccc(CC[C@@H]2CCCN(C(=O)CSC)C2)c1. The smallest absolute Gasteiger partial charge is 0.232 e. The first-order chi connectivity index (χ1) is 10.2. The number of ether oxygens (including phenoxy) is 1. The lowest BCUT2D eigenvalue weighted by atomic mass is 9.91. The number of amides is 1. The second-order valence-electron chi connectivity index (χ2n) is 5.67. The van der Waals surface area contributed by atoms with E-state index in [1.807, 2.05) is 18.4 Å². The number of hydrogen-bond donors (Lipinski definition) is 0. The Morgan fingerprint density at radius 1 is 1.48 bits per heavy atom. The van der Waals surface area contributed by atoms with Crippen LogP contribution in [0.4, 0.5) is 0 Å². The third-order valence-electron chi connectivity index (χ3n) is 4.11. The van der Waals surface area contributed by atoms with Crippen molar-refractivity contribution < 1.29 is 9.53 Å². The molecular weight excluding hydrogens is 282 g/mol. The molecule has 0 N–H and O–H groups in total. The van der Waals surface area contributed by atoms with Crippen molar-refractivity contribution in [2.45, 2.75) is 25.7 Å². The molecule has 0 spiro atoms. The van der Waals surface area contributed by atoms with Crippen LogP contribution in [-0.4, -0.2) is 43.0 Å². The minimum atomic E-state index is 0.300. The second kappa shape index (κ2) is 8.32. The minimum Gasteiger partial charge on any atom is -0.497 e. The summed E-state index contributed by atoms with van der Waals surface area (Å²) < 4.78 is 5.27. The van der Waals surface area contributed by atoms with Crippen LogP contribution in [0.3, 0.4) is 0 Å². The van der Waals surface area contributed by atoms with Crippen molar-refractivity contribution >= 4 is 17.7 Å². The number of aryl methyl sites for hydroxylation is 1. The monoisotopic (exact) mass is 307 g/mol. The highest BCUT2D eigenvalue weighted by Crippen LogP contribution is 2.23. The van der Waals surface area contributed by atoms with E-state index < -0.39 is 0 Å². The number of carbonyl (C=O) groups excluding carboxylic acids is 1. The average molecular weight is 307 g/mol. The van der Waals surface area contributed by atoms with Crippen LogP contribution in [-0.2, 0) is 11.2 Å². The summed E-state index contributed by atoms with van der Waals surface area (Å²) in [6.45, 7) is 1.87. The molecule has 1 aromatic rings. The zero-order valence-electron chi connectivity index (χ0n) is 13.0. The topological polar surface area (TPSA) is 29.5 Å². The summed E-state index contributed by atoms with van der Waals surface area (Å²) in [5.74, 6) is 2.47. The molecule has 21 heavy (non-hydrogen) atoms. The van der Waals surface area contributed by atoms with Crippen LogP contribution in [0.25, 0.3) is 0 Å². The molecule has 1 amide bonds. The van der Waals surface area contributed by atoms with Crippen LogP contribution >= 0.6 is 11.8 Å². The summed E-state index contributed by atoms with van der Waals surface area (Å²) >= 11 is 1.61. The number of methoxy groups -OCH3 is 1. The Morgan fingerprint density at radius 2 is 2.33 bits per heavy atom. The molecule has 0 saturated carbocycles. The molecule has 116 valence electrons. The van der Waals surface area contributed by atoms with Crippen molar-refractivity contribution in [3.05, 3.63) is 29.8 Å². The fraction of sp³-hybridized carbons (Fsp3) is 0.588. The van der Waals surface area contributed by atoms with Gasteiger partial charge in [0.15, 0.2) is 0 Å². The Balaban J connectivity index is 1.83. The van der Waals surface area contributed by atoms with Gasteiger partial charge in [0.2, 0.25) is 5.91 Å². The standard InChI is InChI=1S/C17H25NO2S/c1-20-16-7-3-5-14(11-16)8-9-15-6-4-10-18(12-15)17(19)13-21-2/h3,5,7,11,15H,4,6,8-10,12-13H2,1-2H3/t15-/m0/s1. The first-order valence-electron chi connectivity index (χ1n) is 7.62. The van der Waals surface area contributed by atoms with E-state index in [2.05, 4.69) is 17.0 Å². The number of benzene rings is 1. The first-order valence-corrected chi connectivity index (χ1v) is 9.02. The molecule has 0 aromatic heterocycles. The molecule has 1 aromatic carbocycles. The molecular formula is C17H25NO2S. The maximum Gasteiger partial charge on any atom is 0.232 e. The van der Waals surface area contributed by atoms with Gasteiger partial charge in [0, 0.05) is 13.1 Å². The van der Waals surface area contributed by atoms with Crippen LogP contribution < -0.4 is 4.74 Å². The highest BCUT2D eigenvalue weighted by Gasteiger charge is 2.22. The van der Waals surface area contributed by atoms with Crippen molar-refractivity contribution in [1.29, 1.82) is 0 Å². The Labute approximate surface area is 132 Å². The number of hydrogen-bond acceptors (Lipinski definition) is 3. The van der Waals surface area contributed by atoms with Crippen LogP contribution in [0.1, 0.15) is 24.8 Å². The van der Waals surface area contributed by atoms with Gasteiger partial charge in [0.1, 0.15) is 5.75 Å². The van der Waals surface area contributed by atoms with Crippen LogP contribution in [0.15, 0.2) is 24.3 Å². The molecule has 4 heteroatoms. The van der Waals surface area contributed by atoms with E-state index in [-0.39, 0.29) is 0 Å². The predicted molar refractivity (Wildman–Crippen MR) is 89.0 cm³/mol. The van der Waals surface area contributed by atoms with Gasteiger partial charge in [0.25, 0.3) is 0 Å². The second-order valence-corrected chi connectivity index (χ2v) is 6.54.